The van der Waals surface area contributed by atoms with Crippen molar-refractivity contribution in [2.24, 2.45) is 5.10 Å². The number of hydrogen-bond donors (Lipinski definition) is 1. The molecule has 0 saturated carbocycles. The van der Waals surface area contributed by atoms with Gasteiger partial charge in [0.1, 0.15) is 0 Å². The molecule has 1 aromatic carbocycles. The van der Waals surface area contributed by atoms with E-state index in [1.54, 1.807) is 19.1 Å². The van der Waals surface area contributed by atoms with Gasteiger partial charge in [-0.1, -0.05) is 0 Å². The number of amides is 1. The highest BCUT2D eigenvalue weighted by Crippen LogP contribution is 2.18. The van der Waals surface area contributed by atoms with E-state index in [4.69, 9.17) is 9.15 Å². The molecule has 1 aromatic heterocycles. The molecule has 0 unspecified atom stereocenters. The van der Waals surface area contributed by atoms with Crippen LogP contribution >= 0.6 is 0 Å². The number of methoxy groups -OCH3 is 1. The number of benzene rings is 1. The van der Waals surface area contributed by atoms with Crippen molar-refractivity contribution in [1.82, 2.24) is 5.43 Å². The lowest BCUT2D eigenvalue weighted by Gasteiger charge is -2.05. The summed E-state index contributed by atoms with van der Waals surface area (Å²) < 4.78 is 23.3. The number of furan rings is 1. The van der Waals surface area contributed by atoms with E-state index >= 15 is 0 Å². The molecule has 1 amide bonds. The van der Waals surface area contributed by atoms with Crippen LogP contribution in [0.15, 0.2) is 46.1 Å². The van der Waals surface area contributed by atoms with Crippen LogP contribution in [0.5, 0.6) is 5.75 Å². The summed E-state index contributed by atoms with van der Waals surface area (Å²) in [6.45, 7) is 1.66. The number of carbonyl (C=O) groups is 1. The highest BCUT2D eigenvalue weighted by molar-refractivity contribution is 6.00. The number of hydrogen-bond acceptors (Lipinski definition) is 4. The van der Waals surface area contributed by atoms with Crippen molar-refractivity contribution in [3.05, 3.63) is 53.7 Å². The molecule has 0 aliphatic carbocycles. The first-order valence-electron chi connectivity index (χ1n) is 5.84. The zero-order chi connectivity index (χ0) is 14.5. The minimum absolute atomic E-state index is 0.154. The summed E-state index contributed by atoms with van der Waals surface area (Å²) in [5.41, 5.74) is 3.34. The second-order valence-electron chi connectivity index (χ2n) is 3.96. The molecular formula is C14H13FN2O3. The monoisotopic (exact) mass is 276 g/mol. The van der Waals surface area contributed by atoms with Gasteiger partial charge in [-0.05, 0) is 37.3 Å². The lowest BCUT2D eigenvalue weighted by molar-refractivity contribution is 0.0927. The van der Waals surface area contributed by atoms with E-state index < -0.39 is 11.7 Å². The van der Waals surface area contributed by atoms with Gasteiger partial charge in [0.15, 0.2) is 17.3 Å². The minimum Gasteiger partial charge on any atom is -0.494 e. The van der Waals surface area contributed by atoms with Crippen molar-refractivity contribution < 1.29 is 18.3 Å². The van der Waals surface area contributed by atoms with Crippen molar-refractivity contribution >= 4 is 11.6 Å². The van der Waals surface area contributed by atoms with Gasteiger partial charge in [-0.2, -0.15) is 5.10 Å². The minimum atomic E-state index is -0.489. The predicted octanol–water partition coefficient (Wildman–Crippen LogP) is 2.58. The second kappa shape index (κ2) is 6.01. The Labute approximate surface area is 115 Å². The fraction of sp³-hybridized carbons (Fsp3) is 0.143. The molecule has 0 radical (unpaired) electrons. The number of halogens is 1. The van der Waals surface area contributed by atoms with Gasteiger partial charge in [0.25, 0.3) is 0 Å². The molecule has 0 spiro atoms. The molecule has 1 N–H and O–H groups in total. The Balaban J connectivity index is 2.10. The van der Waals surface area contributed by atoms with Crippen LogP contribution in [0.25, 0.3) is 0 Å². The first-order valence-corrected chi connectivity index (χ1v) is 5.84. The van der Waals surface area contributed by atoms with E-state index in [0.717, 1.165) is 0 Å². The van der Waals surface area contributed by atoms with Gasteiger partial charge >= 0.3 is 5.91 Å². The third kappa shape index (κ3) is 3.03. The molecule has 0 aliphatic rings. The maximum Gasteiger partial charge on any atom is 0.307 e. The van der Waals surface area contributed by atoms with Gasteiger partial charge in [-0.3, -0.25) is 4.79 Å². The molecular weight excluding hydrogens is 263 g/mol. The zero-order valence-corrected chi connectivity index (χ0v) is 11.0. The normalized spacial score (nSPS) is 11.2. The fourth-order valence-corrected chi connectivity index (χ4v) is 1.55. The van der Waals surface area contributed by atoms with E-state index in [1.807, 2.05) is 0 Å². The lowest BCUT2D eigenvalue weighted by atomic mass is 10.1. The summed E-state index contributed by atoms with van der Waals surface area (Å²) in [6, 6.07) is 7.56. The second-order valence-corrected chi connectivity index (χ2v) is 3.96. The Morgan fingerprint density at radius 3 is 2.80 bits per heavy atom. The lowest BCUT2D eigenvalue weighted by Crippen LogP contribution is -2.18. The van der Waals surface area contributed by atoms with E-state index in [2.05, 4.69) is 10.5 Å². The van der Waals surface area contributed by atoms with Crippen LogP contribution in [0, 0.1) is 5.82 Å². The van der Waals surface area contributed by atoms with Crippen molar-refractivity contribution in [2.75, 3.05) is 7.11 Å². The zero-order valence-electron chi connectivity index (χ0n) is 11.0. The molecule has 0 atom stereocenters. The van der Waals surface area contributed by atoms with Crippen LogP contribution in [0.1, 0.15) is 23.0 Å². The van der Waals surface area contributed by atoms with E-state index in [9.17, 15) is 9.18 Å². The SMILES string of the molecule is COc1ccc(/C(C)=N\NC(=O)c2ccco2)cc1F. The highest BCUT2D eigenvalue weighted by Gasteiger charge is 2.08. The Morgan fingerprint density at radius 1 is 1.40 bits per heavy atom. The molecule has 104 valence electrons. The van der Waals surface area contributed by atoms with Gasteiger partial charge in [0.2, 0.25) is 0 Å². The Bertz CT molecular complexity index is 636. The number of nitrogens with one attached hydrogen (secondary N) is 1. The van der Waals surface area contributed by atoms with Gasteiger partial charge in [0, 0.05) is 5.56 Å². The quantitative estimate of drug-likeness (QED) is 0.689. The maximum absolute atomic E-state index is 13.6. The van der Waals surface area contributed by atoms with E-state index in [0.29, 0.717) is 11.3 Å². The molecule has 2 aromatic rings. The summed E-state index contributed by atoms with van der Waals surface area (Å²) >= 11 is 0. The molecule has 20 heavy (non-hydrogen) atoms. The molecule has 0 bridgehead atoms. The smallest absolute Gasteiger partial charge is 0.307 e. The van der Waals surface area contributed by atoms with E-state index in [1.165, 1.54) is 31.6 Å². The standard InChI is InChI=1S/C14H13FN2O3/c1-9(10-5-6-12(19-2)11(15)8-10)16-17-14(18)13-4-3-7-20-13/h3-8H,1-2H3,(H,17,18)/b16-9-. The summed E-state index contributed by atoms with van der Waals surface area (Å²) in [4.78, 5) is 11.6. The number of nitrogens with zero attached hydrogens (tertiary/aromatic N) is 1. The molecule has 0 aliphatic heterocycles. The van der Waals surface area contributed by atoms with Crippen molar-refractivity contribution in [3.8, 4) is 5.75 Å². The van der Waals surface area contributed by atoms with Crippen molar-refractivity contribution in [2.45, 2.75) is 6.92 Å². The van der Waals surface area contributed by atoms with Crippen LogP contribution in [0.4, 0.5) is 4.39 Å². The average Bonchev–Trinajstić information content (AvgIpc) is 2.98. The fourth-order valence-electron chi connectivity index (χ4n) is 1.55. The first kappa shape index (κ1) is 13.8. The van der Waals surface area contributed by atoms with Crippen LogP contribution in [0.3, 0.4) is 0 Å². The third-order valence-corrected chi connectivity index (χ3v) is 2.64. The first-order chi connectivity index (χ1) is 9.61. The topological polar surface area (TPSA) is 63.8 Å². The molecule has 1 heterocycles. The van der Waals surface area contributed by atoms with E-state index in [-0.39, 0.29) is 11.5 Å². The Hall–Kier alpha value is -2.63. The van der Waals surface area contributed by atoms with Crippen LogP contribution in [-0.4, -0.2) is 18.7 Å². The summed E-state index contributed by atoms with van der Waals surface area (Å²) in [5.74, 6) is -0.649. The molecule has 5 nitrogen and oxygen atoms in total. The van der Waals surface area contributed by atoms with Gasteiger partial charge < -0.3 is 9.15 Å². The Kier molecular flexibility index (Phi) is 4.14. The third-order valence-electron chi connectivity index (χ3n) is 2.64. The number of hydrazone groups is 1. The molecule has 6 heteroatoms. The van der Waals surface area contributed by atoms with Gasteiger partial charge in [0.05, 0.1) is 19.1 Å². The number of rotatable bonds is 4. The summed E-state index contributed by atoms with van der Waals surface area (Å²) in [7, 11) is 1.39. The Morgan fingerprint density at radius 2 is 2.20 bits per heavy atom. The number of ether oxygens (including phenoxy) is 1. The predicted molar refractivity (Wildman–Crippen MR) is 71.3 cm³/mol. The summed E-state index contributed by atoms with van der Waals surface area (Å²) in [5, 5.41) is 3.90. The van der Waals surface area contributed by atoms with Gasteiger partial charge in [-0.25, -0.2) is 9.82 Å². The van der Waals surface area contributed by atoms with Crippen LogP contribution < -0.4 is 10.2 Å². The molecule has 0 fully saturated rings. The van der Waals surface area contributed by atoms with Crippen molar-refractivity contribution in [1.29, 1.82) is 0 Å². The van der Waals surface area contributed by atoms with Gasteiger partial charge in [-0.15, -0.1) is 0 Å². The molecule has 2 rings (SSSR count). The number of carbonyl (C=O) groups excluding carboxylic acids is 1. The maximum atomic E-state index is 13.6. The summed E-state index contributed by atoms with van der Waals surface area (Å²) in [6.07, 6.45) is 1.39. The highest BCUT2D eigenvalue weighted by atomic mass is 19.1. The van der Waals surface area contributed by atoms with Crippen LogP contribution in [0.2, 0.25) is 0 Å². The van der Waals surface area contributed by atoms with Crippen LogP contribution in [-0.2, 0) is 0 Å². The molecule has 0 saturated heterocycles. The van der Waals surface area contributed by atoms with Crippen molar-refractivity contribution in [3.63, 3.8) is 0 Å². The average molecular weight is 276 g/mol. The largest absolute Gasteiger partial charge is 0.494 e.